The Balaban J connectivity index is 2.76. The molecule has 0 saturated carbocycles. The van der Waals surface area contributed by atoms with Gasteiger partial charge in [0.1, 0.15) is 0 Å². The summed E-state index contributed by atoms with van der Waals surface area (Å²) >= 11 is 8.89. The van der Waals surface area contributed by atoms with Crippen LogP contribution in [-0.4, -0.2) is 25.0 Å². The van der Waals surface area contributed by atoms with E-state index in [9.17, 15) is 9.59 Å². The van der Waals surface area contributed by atoms with Crippen LogP contribution in [0.15, 0.2) is 14.3 Å². The number of aryl methyl sites for hydroxylation is 1. The Labute approximate surface area is 109 Å². The molecule has 0 unspecified atom stereocenters. The van der Waals surface area contributed by atoms with Gasteiger partial charge in [-0.25, -0.2) is 9.78 Å². The van der Waals surface area contributed by atoms with E-state index in [4.69, 9.17) is 11.6 Å². The van der Waals surface area contributed by atoms with E-state index in [1.54, 1.807) is 4.57 Å². The Morgan fingerprint density at radius 2 is 2.18 bits per heavy atom. The van der Waals surface area contributed by atoms with Crippen LogP contribution in [0.4, 0.5) is 0 Å². The highest BCUT2D eigenvalue weighted by atomic mass is 79.9. The highest BCUT2D eigenvalue weighted by Crippen LogP contribution is 2.15. The number of hydrogen-bond acceptors (Lipinski definition) is 3. The van der Waals surface area contributed by atoms with Gasteiger partial charge in [-0.2, -0.15) is 0 Å². The van der Waals surface area contributed by atoms with E-state index < -0.39 is 5.69 Å². The number of rotatable bonds is 3. The van der Waals surface area contributed by atoms with Crippen LogP contribution in [0.3, 0.4) is 0 Å². The van der Waals surface area contributed by atoms with Crippen LogP contribution >= 0.6 is 27.5 Å². The van der Waals surface area contributed by atoms with E-state index in [-0.39, 0.29) is 5.56 Å². The van der Waals surface area contributed by atoms with Crippen molar-refractivity contribution in [1.29, 1.82) is 0 Å². The van der Waals surface area contributed by atoms with Crippen LogP contribution in [0.25, 0.3) is 11.2 Å². The zero-order valence-corrected chi connectivity index (χ0v) is 11.4. The molecule has 2 rings (SSSR count). The summed E-state index contributed by atoms with van der Waals surface area (Å²) < 4.78 is 3.24. The summed E-state index contributed by atoms with van der Waals surface area (Å²) in [5.74, 6) is 0.496. The zero-order chi connectivity index (χ0) is 12.6. The molecule has 6 nitrogen and oxygen atoms in total. The predicted molar refractivity (Wildman–Crippen MR) is 68.6 cm³/mol. The number of hydrogen-bond donors (Lipinski definition) is 1. The van der Waals surface area contributed by atoms with E-state index in [1.165, 1.54) is 7.05 Å². The van der Waals surface area contributed by atoms with E-state index in [1.807, 2.05) is 0 Å². The largest absolute Gasteiger partial charge is 0.329 e. The maximum atomic E-state index is 12.0. The maximum absolute atomic E-state index is 12.0. The quantitative estimate of drug-likeness (QED) is 0.672. The van der Waals surface area contributed by atoms with Gasteiger partial charge in [0.2, 0.25) is 0 Å². The fraction of sp³-hybridized carbons (Fsp3) is 0.444. The van der Waals surface area contributed by atoms with Crippen molar-refractivity contribution >= 4 is 38.7 Å². The molecule has 92 valence electrons. The van der Waals surface area contributed by atoms with Crippen LogP contribution in [0.2, 0.25) is 0 Å². The average Bonchev–Trinajstić information content (AvgIpc) is 2.59. The molecule has 0 fully saturated rings. The summed E-state index contributed by atoms with van der Waals surface area (Å²) in [6.07, 6.45) is 0.716. The Bertz CT molecular complexity index is 672. The van der Waals surface area contributed by atoms with Crippen molar-refractivity contribution in [2.75, 3.05) is 5.88 Å². The molecule has 2 aromatic rings. The standard InChI is InChI=1S/C9H10BrClN4O2/c1-14-7(16)5-6(13-9(14)17)12-8(10)15(5)4-2-3-11/h2-4H2,1H3,(H,13,17). The average molecular weight is 322 g/mol. The predicted octanol–water partition coefficient (Wildman–Crippen LogP) is 0.815. The van der Waals surface area contributed by atoms with Crippen LogP contribution in [0.1, 0.15) is 6.42 Å². The molecule has 0 bridgehead atoms. The fourth-order valence-electron chi connectivity index (χ4n) is 1.59. The van der Waals surface area contributed by atoms with Gasteiger partial charge in [0, 0.05) is 19.5 Å². The van der Waals surface area contributed by atoms with Crippen LogP contribution in [-0.2, 0) is 13.6 Å². The summed E-state index contributed by atoms with van der Waals surface area (Å²) in [6.45, 7) is 0.571. The monoisotopic (exact) mass is 320 g/mol. The summed E-state index contributed by atoms with van der Waals surface area (Å²) in [5, 5.41) is 0. The molecule has 0 spiro atoms. The van der Waals surface area contributed by atoms with Gasteiger partial charge in [-0.3, -0.25) is 14.3 Å². The minimum absolute atomic E-state index is 0.291. The van der Waals surface area contributed by atoms with Gasteiger partial charge in [0.15, 0.2) is 15.9 Å². The van der Waals surface area contributed by atoms with E-state index in [0.717, 1.165) is 4.57 Å². The molecule has 2 aromatic heterocycles. The number of imidazole rings is 1. The van der Waals surface area contributed by atoms with Gasteiger partial charge in [-0.05, 0) is 22.4 Å². The second kappa shape index (κ2) is 4.66. The molecule has 0 atom stereocenters. The van der Waals surface area contributed by atoms with Crippen LogP contribution < -0.4 is 11.2 Å². The molecule has 0 aromatic carbocycles. The lowest BCUT2D eigenvalue weighted by Crippen LogP contribution is -2.33. The molecular formula is C9H10BrClN4O2. The lowest BCUT2D eigenvalue weighted by Gasteiger charge is -2.03. The lowest BCUT2D eigenvalue weighted by atomic mass is 10.4. The van der Waals surface area contributed by atoms with E-state index in [0.29, 0.717) is 34.7 Å². The molecule has 1 N–H and O–H groups in total. The van der Waals surface area contributed by atoms with Gasteiger partial charge in [0.05, 0.1) is 0 Å². The summed E-state index contributed by atoms with van der Waals surface area (Å²) in [7, 11) is 1.42. The highest BCUT2D eigenvalue weighted by molar-refractivity contribution is 9.10. The minimum Gasteiger partial charge on any atom is -0.313 e. The number of aromatic amines is 1. The number of halogens is 2. The molecule has 17 heavy (non-hydrogen) atoms. The first-order valence-electron chi connectivity index (χ1n) is 4.97. The Hall–Kier alpha value is -1.08. The molecule has 0 aliphatic rings. The van der Waals surface area contributed by atoms with E-state index >= 15 is 0 Å². The van der Waals surface area contributed by atoms with Crippen molar-refractivity contribution in [2.45, 2.75) is 13.0 Å². The lowest BCUT2D eigenvalue weighted by molar-refractivity contribution is 0.677. The molecule has 0 saturated heterocycles. The number of alkyl halides is 1. The van der Waals surface area contributed by atoms with Crippen molar-refractivity contribution in [1.82, 2.24) is 19.1 Å². The molecular weight excluding hydrogens is 311 g/mol. The first-order valence-corrected chi connectivity index (χ1v) is 6.30. The van der Waals surface area contributed by atoms with Crippen molar-refractivity contribution in [3.05, 3.63) is 25.6 Å². The highest BCUT2D eigenvalue weighted by Gasteiger charge is 2.14. The number of fused-ring (bicyclic) bond motifs is 1. The van der Waals surface area contributed by atoms with Gasteiger partial charge < -0.3 is 4.57 Å². The van der Waals surface area contributed by atoms with Gasteiger partial charge in [-0.1, -0.05) is 0 Å². The Morgan fingerprint density at radius 1 is 1.47 bits per heavy atom. The van der Waals surface area contributed by atoms with Crippen molar-refractivity contribution in [3.63, 3.8) is 0 Å². The molecule has 0 aliphatic heterocycles. The van der Waals surface area contributed by atoms with Crippen molar-refractivity contribution in [2.24, 2.45) is 7.05 Å². The van der Waals surface area contributed by atoms with Crippen molar-refractivity contribution in [3.8, 4) is 0 Å². The second-order valence-corrected chi connectivity index (χ2v) is 4.65. The number of nitrogens with zero attached hydrogens (tertiary/aromatic N) is 3. The summed E-state index contributed by atoms with van der Waals surface area (Å²) in [4.78, 5) is 30.0. The third-order valence-corrected chi connectivity index (χ3v) is 3.35. The van der Waals surface area contributed by atoms with Gasteiger partial charge in [-0.15, -0.1) is 11.6 Å². The number of H-pyrrole nitrogens is 1. The molecule has 2 heterocycles. The first-order chi connectivity index (χ1) is 8.06. The normalized spacial score (nSPS) is 11.2. The maximum Gasteiger partial charge on any atom is 0.329 e. The SMILES string of the molecule is Cn1c(=O)[nH]c2nc(Br)n(CCCCl)c2c1=O. The van der Waals surface area contributed by atoms with Crippen LogP contribution in [0.5, 0.6) is 0 Å². The summed E-state index contributed by atoms with van der Waals surface area (Å²) in [5.41, 5.74) is -0.169. The van der Waals surface area contributed by atoms with Gasteiger partial charge >= 0.3 is 5.69 Å². The Morgan fingerprint density at radius 3 is 2.82 bits per heavy atom. The summed E-state index contributed by atoms with van der Waals surface area (Å²) in [6, 6.07) is 0. The molecule has 0 aliphatic carbocycles. The number of aromatic nitrogens is 4. The number of nitrogens with one attached hydrogen (secondary N) is 1. The minimum atomic E-state index is -0.475. The second-order valence-electron chi connectivity index (χ2n) is 3.57. The van der Waals surface area contributed by atoms with E-state index in [2.05, 4.69) is 25.9 Å². The van der Waals surface area contributed by atoms with Crippen LogP contribution in [0, 0.1) is 0 Å². The molecule has 0 amide bonds. The van der Waals surface area contributed by atoms with Crippen molar-refractivity contribution < 1.29 is 0 Å². The third-order valence-electron chi connectivity index (χ3n) is 2.47. The van der Waals surface area contributed by atoms with Gasteiger partial charge in [0.25, 0.3) is 5.56 Å². The smallest absolute Gasteiger partial charge is 0.313 e. The third kappa shape index (κ3) is 2.04. The Kier molecular flexibility index (Phi) is 3.39. The fourth-order valence-corrected chi connectivity index (χ4v) is 2.24. The zero-order valence-electron chi connectivity index (χ0n) is 9.04. The molecule has 8 heteroatoms. The molecule has 0 radical (unpaired) electrons. The topological polar surface area (TPSA) is 72.7 Å². The first kappa shape index (κ1) is 12.4.